The van der Waals surface area contributed by atoms with E-state index in [-0.39, 0.29) is 0 Å². The summed E-state index contributed by atoms with van der Waals surface area (Å²) in [6.45, 7) is 2.69. The Morgan fingerprint density at radius 2 is 1.97 bits per heavy atom. The van der Waals surface area contributed by atoms with E-state index in [0.29, 0.717) is 44.7 Å². The first-order valence-electron chi connectivity index (χ1n) is 9.88. The molecule has 0 aliphatic carbocycles. The molecule has 0 saturated carbocycles. The third-order valence-corrected chi connectivity index (χ3v) is 5.16. The average molecular weight is 397 g/mol. The van der Waals surface area contributed by atoms with Gasteiger partial charge >= 0.3 is 0 Å². The van der Waals surface area contributed by atoms with Crippen LogP contribution in [0.1, 0.15) is 17.5 Å². The topological polar surface area (TPSA) is 87.3 Å². The highest BCUT2D eigenvalue weighted by Crippen LogP contribution is 2.34. The molecule has 0 radical (unpaired) electrons. The second-order valence-electron chi connectivity index (χ2n) is 7.22. The van der Waals surface area contributed by atoms with Crippen LogP contribution >= 0.6 is 0 Å². The van der Waals surface area contributed by atoms with Gasteiger partial charge in [-0.25, -0.2) is 4.99 Å². The van der Waals surface area contributed by atoms with Crippen LogP contribution in [-0.4, -0.2) is 46.0 Å². The Kier molecular flexibility index (Phi) is 5.87. The second kappa shape index (κ2) is 8.71. The van der Waals surface area contributed by atoms with E-state index in [1.807, 2.05) is 30.3 Å². The maximum absolute atomic E-state index is 6.18. The van der Waals surface area contributed by atoms with Crippen LogP contribution in [0.15, 0.2) is 47.5 Å². The molecule has 0 aromatic heterocycles. The summed E-state index contributed by atoms with van der Waals surface area (Å²) in [6, 6.07) is 13.9. The van der Waals surface area contributed by atoms with Gasteiger partial charge in [-0.15, -0.1) is 0 Å². The van der Waals surface area contributed by atoms with Gasteiger partial charge in [0.2, 0.25) is 0 Å². The summed E-state index contributed by atoms with van der Waals surface area (Å²) in [5, 5.41) is 3.13. The van der Waals surface area contributed by atoms with E-state index in [4.69, 9.17) is 24.7 Å². The number of fused-ring (bicyclic) bond motifs is 2. The fourth-order valence-electron chi connectivity index (χ4n) is 3.79. The van der Waals surface area contributed by atoms with Crippen molar-refractivity contribution in [2.75, 3.05) is 45.4 Å². The molecule has 4 rings (SSSR count). The Labute approximate surface area is 170 Å². The highest BCUT2D eigenvalue weighted by molar-refractivity contribution is 5.92. The van der Waals surface area contributed by atoms with Gasteiger partial charge in [0.1, 0.15) is 5.60 Å². The van der Waals surface area contributed by atoms with Crippen molar-refractivity contribution in [3.05, 3.63) is 53.6 Å². The standard InChI is InChI=1S/C22H27N3O4/c1-26-15-22(18-6-3-2-5-16(18)9-12-29-22)14-24-21(23)25-17-7-8-19-20(13-17)28-11-4-10-27-19/h2-3,5-8,13H,4,9-12,14-15H2,1H3,(H3,23,24,25). The van der Waals surface area contributed by atoms with Gasteiger partial charge in [-0.1, -0.05) is 24.3 Å². The summed E-state index contributed by atoms with van der Waals surface area (Å²) in [5.74, 6) is 1.76. The molecular formula is C22H27N3O4. The van der Waals surface area contributed by atoms with Crippen LogP contribution in [-0.2, 0) is 21.5 Å². The van der Waals surface area contributed by atoms with Gasteiger partial charge < -0.3 is 30.0 Å². The second-order valence-corrected chi connectivity index (χ2v) is 7.22. The lowest BCUT2D eigenvalue weighted by Crippen LogP contribution is -2.43. The lowest BCUT2D eigenvalue weighted by atomic mass is 9.86. The average Bonchev–Trinajstić information content (AvgIpc) is 2.98. The van der Waals surface area contributed by atoms with E-state index in [9.17, 15) is 0 Å². The van der Waals surface area contributed by atoms with Crippen LogP contribution in [0, 0.1) is 0 Å². The first kappa shape index (κ1) is 19.5. The molecule has 2 aromatic carbocycles. The SMILES string of the molecule is COCC1(CN=C(N)Nc2ccc3c(c2)OCCCO3)OCCc2ccccc21. The first-order chi connectivity index (χ1) is 14.2. The van der Waals surface area contributed by atoms with Crippen molar-refractivity contribution in [2.45, 2.75) is 18.4 Å². The highest BCUT2D eigenvalue weighted by atomic mass is 16.5. The summed E-state index contributed by atoms with van der Waals surface area (Å²) in [6.07, 6.45) is 1.75. The van der Waals surface area contributed by atoms with Crippen molar-refractivity contribution in [1.29, 1.82) is 0 Å². The predicted octanol–water partition coefficient (Wildman–Crippen LogP) is 2.69. The molecule has 7 heteroatoms. The van der Waals surface area contributed by atoms with E-state index < -0.39 is 5.60 Å². The Bertz CT molecular complexity index is 886. The summed E-state index contributed by atoms with van der Waals surface area (Å²) in [4.78, 5) is 4.57. The van der Waals surface area contributed by atoms with Gasteiger partial charge in [-0.05, 0) is 29.7 Å². The highest BCUT2D eigenvalue weighted by Gasteiger charge is 2.38. The molecule has 2 aliphatic rings. The van der Waals surface area contributed by atoms with Crippen molar-refractivity contribution in [2.24, 2.45) is 10.7 Å². The van der Waals surface area contributed by atoms with Gasteiger partial charge in [0.25, 0.3) is 0 Å². The van der Waals surface area contributed by atoms with Crippen molar-refractivity contribution < 1.29 is 18.9 Å². The van der Waals surface area contributed by atoms with Gasteiger partial charge in [0.15, 0.2) is 17.5 Å². The zero-order chi connectivity index (χ0) is 20.1. The molecule has 2 heterocycles. The number of rotatable bonds is 5. The number of aliphatic imine (C=N–C) groups is 1. The molecule has 1 unspecified atom stereocenters. The van der Waals surface area contributed by atoms with Crippen LogP contribution in [0.2, 0.25) is 0 Å². The van der Waals surface area contributed by atoms with Crippen LogP contribution in [0.5, 0.6) is 11.5 Å². The smallest absolute Gasteiger partial charge is 0.193 e. The van der Waals surface area contributed by atoms with Gasteiger partial charge in [0.05, 0.1) is 33.0 Å². The molecule has 1 atom stereocenters. The van der Waals surface area contributed by atoms with Crippen molar-refractivity contribution >= 4 is 11.6 Å². The molecule has 154 valence electrons. The van der Waals surface area contributed by atoms with E-state index in [2.05, 4.69) is 22.4 Å². The molecule has 0 amide bonds. The molecule has 7 nitrogen and oxygen atoms in total. The first-order valence-corrected chi connectivity index (χ1v) is 9.88. The predicted molar refractivity (Wildman–Crippen MR) is 112 cm³/mol. The minimum atomic E-state index is -0.638. The van der Waals surface area contributed by atoms with Crippen LogP contribution in [0.25, 0.3) is 0 Å². The Balaban J connectivity index is 1.51. The third-order valence-electron chi connectivity index (χ3n) is 5.16. The van der Waals surface area contributed by atoms with Gasteiger partial charge in [0, 0.05) is 25.3 Å². The van der Waals surface area contributed by atoms with Crippen LogP contribution < -0.4 is 20.5 Å². The Morgan fingerprint density at radius 3 is 2.83 bits per heavy atom. The van der Waals surface area contributed by atoms with E-state index in [0.717, 1.165) is 29.8 Å². The van der Waals surface area contributed by atoms with Crippen LogP contribution in [0.3, 0.4) is 0 Å². The number of hydrogen-bond acceptors (Lipinski definition) is 5. The van der Waals surface area contributed by atoms with Gasteiger partial charge in [-0.2, -0.15) is 0 Å². The van der Waals surface area contributed by atoms with E-state index >= 15 is 0 Å². The summed E-state index contributed by atoms with van der Waals surface area (Å²) < 4.78 is 23.0. The van der Waals surface area contributed by atoms with E-state index in [1.54, 1.807) is 7.11 Å². The number of ether oxygens (including phenoxy) is 4. The normalized spacial score (nSPS) is 21.2. The zero-order valence-corrected chi connectivity index (χ0v) is 16.6. The molecular weight excluding hydrogens is 370 g/mol. The minimum absolute atomic E-state index is 0.307. The molecule has 0 saturated heterocycles. The van der Waals surface area contributed by atoms with E-state index in [1.165, 1.54) is 5.56 Å². The largest absolute Gasteiger partial charge is 0.490 e. The summed E-state index contributed by atoms with van der Waals surface area (Å²) in [7, 11) is 1.67. The quantitative estimate of drug-likeness (QED) is 0.596. The number of anilines is 1. The van der Waals surface area contributed by atoms with Crippen LogP contribution in [0.4, 0.5) is 5.69 Å². The molecule has 3 N–H and O–H groups in total. The summed E-state index contributed by atoms with van der Waals surface area (Å²) >= 11 is 0. The fraction of sp³-hybridized carbons (Fsp3) is 0.409. The number of nitrogens with zero attached hydrogens (tertiary/aromatic N) is 1. The number of guanidine groups is 1. The zero-order valence-electron chi connectivity index (χ0n) is 16.6. The van der Waals surface area contributed by atoms with Crippen molar-refractivity contribution in [3.8, 4) is 11.5 Å². The molecule has 0 fully saturated rings. The number of nitrogens with two attached hydrogens (primary N) is 1. The van der Waals surface area contributed by atoms with Crippen molar-refractivity contribution in [1.82, 2.24) is 0 Å². The molecule has 2 aromatic rings. The molecule has 0 bridgehead atoms. The van der Waals surface area contributed by atoms with Crippen molar-refractivity contribution in [3.63, 3.8) is 0 Å². The fourth-order valence-corrected chi connectivity index (χ4v) is 3.79. The minimum Gasteiger partial charge on any atom is -0.490 e. The monoisotopic (exact) mass is 397 g/mol. The lowest BCUT2D eigenvalue weighted by molar-refractivity contribution is -0.0959. The maximum atomic E-state index is 6.18. The molecule has 2 aliphatic heterocycles. The number of nitrogens with one attached hydrogen (secondary N) is 1. The number of methoxy groups -OCH3 is 1. The lowest BCUT2D eigenvalue weighted by Gasteiger charge is -2.37. The summed E-state index contributed by atoms with van der Waals surface area (Å²) in [5.41, 5.74) is 8.71. The maximum Gasteiger partial charge on any atom is 0.193 e. The Hall–Kier alpha value is -2.77. The van der Waals surface area contributed by atoms with Gasteiger partial charge in [-0.3, -0.25) is 0 Å². The number of benzene rings is 2. The number of hydrogen-bond donors (Lipinski definition) is 2. The third kappa shape index (κ3) is 4.31. The molecule has 0 spiro atoms. The molecule has 29 heavy (non-hydrogen) atoms. The Morgan fingerprint density at radius 1 is 1.14 bits per heavy atom.